The molecule has 0 aromatic heterocycles. The van der Waals surface area contributed by atoms with Crippen LogP contribution >= 0.6 is 7.60 Å². The summed E-state index contributed by atoms with van der Waals surface area (Å²) < 4.78 is 16.8. The molecule has 0 aliphatic heterocycles. The first-order valence-corrected chi connectivity index (χ1v) is 8.76. The van der Waals surface area contributed by atoms with Crippen molar-refractivity contribution in [1.29, 1.82) is 0 Å². The summed E-state index contributed by atoms with van der Waals surface area (Å²) in [7, 11) is -3.61. The van der Waals surface area contributed by atoms with E-state index in [1.165, 1.54) is 0 Å². The molecule has 0 bridgehead atoms. The monoisotopic (exact) mass is 300 g/mol. The summed E-state index contributed by atoms with van der Waals surface area (Å²) in [5, 5.41) is 10.3. The maximum Gasteiger partial charge on any atom is 0.332 e. The zero-order valence-corrected chi connectivity index (χ0v) is 13.8. The zero-order chi connectivity index (χ0) is 15.5. The first-order valence-electron chi connectivity index (χ1n) is 7.00. The highest BCUT2D eigenvalue weighted by Crippen LogP contribution is 2.47. The van der Waals surface area contributed by atoms with Gasteiger partial charge in [0.15, 0.2) is 0 Å². The van der Waals surface area contributed by atoms with Gasteiger partial charge in [0.2, 0.25) is 0 Å². The summed E-state index contributed by atoms with van der Waals surface area (Å²) >= 11 is 0. The van der Waals surface area contributed by atoms with Crippen molar-refractivity contribution in [2.75, 3.05) is 6.61 Å². The average molecular weight is 300 g/mol. The summed E-state index contributed by atoms with van der Waals surface area (Å²) in [6, 6.07) is 3.60. The second kappa shape index (κ2) is 6.75. The van der Waals surface area contributed by atoms with E-state index in [-0.39, 0.29) is 24.6 Å². The molecule has 114 valence electrons. The van der Waals surface area contributed by atoms with Crippen molar-refractivity contribution in [2.45, 2.75) is 52.6 Å². The molecule has 1 aromatic rings. The van der Waals surface area contributed by atoms with E-state index in [1.54, 1.807) is 19.1 Å². The molecule has 0 amide bonds. The maximum atomic E-state index is 11.9. The van der Waals surface area contributed by atoms with Gasteiger partial charge in [-0.3, -0.25) is 4.57 Å². The third kappa shape index (κ3) is 4.34. The van der Waals surface area contributed by atoms with Gasteiger partial charge in [0.1, 0.15) is 5.75 Å². The van der Waals surface area contributed by atoms with Gasteiger partial charge in [-0.05, 0) is 35.4 Å². The van der Waals surface area contributed by atoms with E-state index in [2.05, 4.69) is 0 Å². The molecule has 4 nitrogen and oxygen atoms in total. The molecule has 0 heterocycles. The lowest BCUT2D eigenvalue weighted by atomic mass is 9.92. The van der Waals surface area contributed by atoms with Crippen LogP contribution < -0.4 is 0 Å². The number of phenolic OH excluding ortho intramolecular Hbond substituents is 1. The van der Waals surface area contributed by atoms with E-state index >= 15 is 0 Å². The topological polar surface area (TPSA) is 66.8 Å². The highest BCUT2D eigenvalue weighted by atomic mass is 31.2. The summed E-state index contributed by atoms with van der Waals surface area (Å²) in [5.41, 5.74) is 2.35. The van der Waals surface area contributed by atoms with E-state index in [4.69, 9.17) is 4.52 Å². The molecular formula is C15H25O4P. The van der Waals surface area contributed by atoms with Crippen LogP contribution in [0.3, 0.4) is 0 Å². The largest absolute Gasteiger partial charge is 0.507 e. The quantitative estimate of drug-likeness (QED) is 0.766. The van der Waals surface area contributed by atoms with Crippen LogP contribution in [0.1, 0.15) is 63.1 Å². The van der Waals surface area contributed by atoms with Crippen molar-refractivity contribution in [3.05, 3.63) is 28.8 Å². The van der Waals surface area contributed by atoms with Crippen LogP contribution in [0.2, 0.25) is 0 Å². The average Bonchev–Trinajstić information content (AvgIpc) is 2.29. The summed E-state index contributed by atoms with van der Waals surface area (Å²) in [6.07, 6.45) is -0.0272. The number of aromatic hydroxyl groups is 1. The summed E-state index contributed by atoms with van der Waals surface area (Å²) in [6.45, 7) is 9.86. The van der Waals surface area contributed by atoms with E-state index < -0.39 is 7.60 Å². The molecule has 1 rings (SSSR count). The van der Waals surface area contributed by atoms with Crippen molar-refractivity contribution < 1.29 is 19.1 Å². The van der Waals surface area contributed by atoms with Crippen molar-refractivity contribution in [3.63, 3.8) is 0 Å². The Bertz CT molecular complexity index is 480. The van der Waals surface area contributed by atoms with Crippen LogP contribution in [0, 0.1) is 0 Å². The number of hydrogen-bond donors (Lipinski definition) is 2. The first-order chi connectivity index (χ1) is 9.18. The molecule has 0 saturated carbocycles. The van der Waals surface area contributed by atoms with Gasteiger partial charge in [0.25, 0.3) is 0 Å². The predicted octanol–water partition coefficient (Wildman–Crippen LogP) is 4.36. The minimum Gasteiger partial charge on any atom is -0.507 e. The normalized spacial score (nSPS) is 14.8. The lowest BCUT2D eigenvalue weighted by Gasteiger charge is -2.18. The van der Waals surface area contributed by atoms with Crippen LogP contribution in [0.5, 0.6) is 5.75 Å². The van der Waals surface area contributed by atoms with E-state index in [1.807, 2.05) is 27.7 Å². The fourth-order valence-corrected chi connectivity index (χ4v) is 3.33. The smallest absolute Gasteiger partial charge is 0.332 e. The lowest BCUT2D eigenvalue weighted by molar-refractivity contribution is 0.272. The van der Waals surface area contributed by atoms with Crippen LogP contribution in [-0.4, -0.2) is 16.6 Å². The highest BCUT2D eigenvalue weighted by molar-refractivity contribution is 7.51. The van der Waals surface area contributed by atoms with E-state index in [0.29, 0.717) is 5.75 Å². The third-order valence-corrected chi connectivity index (χ3v) is 4.61. The van der Waals surface area contributed by atoms with Crippen molar-refractivity contribution >= 4 is 7.60 Å². The molecule has 1 aromatic carbocycles. The molecule has 20 heavy (non-hydrogen) atoms. The van der Waals surface area contributed by atoms with Crippen LogP contribution in [0.4, 0.5) is 0 Å². The molecule has 0 saturated heterocycles. The lowest BCUT2D eigenvalue weighted by Crippen LogP contribution is -2.00. The van der Waals surface area contributed by atoms with Gasteiger partial charge in [-0.2, -0.15) is 0 Å². The Morgan fingerprint density at radius 2 is 1.60 bits per heavy atom. The van der Waals surface area contributed by atoms with Crippen LogP contribution in [0.15, 0.2) is 12.1 Å². The Morgan fingerprint density at radius 1 is 1.15 bits per heavy atom. The highest BCUT2D eigenvalue weighted by Gasteiger charge is 2.22. The van der Waals surface area contributed by atoms with Gasteiger partial charge in [0.05, 0.1) is 12.8 Å². The standard InChI is InChI=1S/C15H25O4P/c1-6-19-20(17,18)9-12-7-13(10(2)3)15(16)14(8-12)11(4)5/h7-8,10-11,16H,6,9H2,1-5H3,(H,17,18). The molecule has 2 N–H and O–H groups in total. The van der Waals surface area contributed by atoms with Crippen molar-refractivity contribution in [2.24, 2.45) is 0 Å². The summed E-state index contributed by atoms with van der Waals surface area (Å²) in [5.74, 6) is 0.596. The number of phenols is 1. The predicted molar refractivity (Wildman–Crippen MR) is 81.4 cm³/mol. The molecule has 0 aliphatic rings. The second-order valence-corrected chi connectivity index (χ2v) is 7.49. The van der Waals surface area contributed by atoms with Gasteiger partial charge in [-0.1, -0.05) is 39.8 Å². The summed E-state index contributed by atoms with van der Waals surface area (Å²) in [4.78, 5) is 9.77. The van der Waals surface area contributed by atoms with Crippen molar-refractivity contribution in [3.8, 4) is 5.75 Å². The molecule has 0 spiro atoms. The molecule has 0 radical (unpaired) electrons. The van der Waals surface area contributed by atoms with Gasteiger partial charge >= 0.3 is 7.60 Å². The Labute approximate surface area is 121 Å². The van der Waals surface area contributed by atoms with Crippen molar-refractivity contribution in [1.82, 2.24) is 0 Å². The van der Waals surface area contributed by atoms with Crippen LogP contribution in [0.25, 0.3) is 0 Å². The zero-order valence-electron chi connectivity index (χ0n) is 12.9. The number of benzene rings is 1. The Kier molecular flexibility index (Phi) is 5.81. The number of hydrogen-bond acceptors (Lipinski definition) is 3. The molecular weight excluding hydrogens is 275 g/mol. The molecule has 1 atom stereocenters. The van der Waals surface area contributed by atoms with Gasteiger partial charge in [-0.25, -0.2) is 0 Å². The second-order valence-electron chi connectivity index (χ2n) is 5.65. The molecule has 1 unspecified atom stereocenters. The Balaban J connectivity index is 3.24. The first kappa shape index (κ1) is 17.2. The Hall–Kier alpha value is -0.830. The number of rotatable bonds is 6. The SMILES string of the molecule is CCOP(=O)(O)Cc1cc(C(C)C)c(O)c(C(C)C)c1. The molecule has 0 fully saturated rings. The fraction of sp³-hybridized carbons (Fsp3) is 0.600. The van der Waals surface area contributed by atoms with E-state index in [9.17, 15) is 14.6 Å². The minimum atomic E-state index is -3.61. The fourth-order valence-electron chi connectivity index (χ4n) is 2.19. The van der Waals surface area contributed by atoms with Gasteiger partial charge in [0, 0.05) is 0 Å². The Morgan fingerprint density at radius 3 is 1.95 bits per heavy atom. The molecule has 0 aliphatic carbocycles. The van der Waals surface area contributed by atoms with E-state index in [0.717, 1.165) is 16.7 Å². The van der Waals surface area contributed by atoms with Gasteiger partial charge < -0.3 is 14.5 Å². The molecule has 5 heteroatoms. The minimum absolute atomic E-state index is 0.0272. The maximum absolute atomic E-state index is 11.9. The third-order valence-electron chi connectivity index (χ3n) is 3.19. The van der Waals surface area contributed by atoms with Crippen LogP contribution in [-0.2, 0) is 15.3 Å². The van der Waals surface area contributed by atoms with Gasteiger partial charge in [-0.15, -0.1) is 0 Å².